The summed E-state index contributed by atoms with van der Waals surface area (Å²) in [6.45, 7) is 3.47. The Balaban J connectivity index is 1.57. The van der Waals surface area contributed by atoms with Gasteiger partial charge >= 0.3 is 0 Å². The Morgan fingerprint density at radius 2 is 2.32 bits per heavy atom. The van der Waals surface area contributed by atoms with Gasteiger partial charge in [0.2, 0.25) is 5.91 Å². The summed E-state index contributed by atoms with van der Waals surface area (Å²) in [5, 5.41) is 11.3. The zero-order chi connectivity index (χ0) is 13.2. The van der Waals surface area contributed by atoms with Gasteiger partial charge in [0.1, 0.15) is 11.9 Å². The molecule has 1 aromatic rings. The number of nitrogens with one attached hydrogen (secondary N) is 3. The summed E-state index contributed by atoms with van der Waals surface area (Å²) in [5.74, 6) is 1.93. The van der Waals surface area contributed by atoms with Crippen LogP contribution >= 0.6 is 0 Å². The first kappa shape index (κ1) is 12.6. The topological polar surface area (TPSA) is 83.9 Å². The zero-order valence-electron chi connectivity index (χ0n) is 11.1. The van der Waals surface area contributed by atoms with Gasteiger partial charge in [-0.15, -0.1) is 10.2 Å². The van der Waals surface area contributed by atoms with E-state index in [-0.39, 0.29) is 11.9 Å². The number of aryl methyl sites for hydroxylation is 1. The van der Waals surface area contributed by atoms with Crippen LogP contribution < -0.4 is 16.2 Å². The lowest BCUT2D eigenvalue weighted by Crippen LogP contribution is -2.43. The van der Waals surface area contributed by atoms with E-state index in [0.29, 0.717) is 12.6 Å². The Bertz CT molecular complexity index is 471. The highest BCUT2D eigenvalue weighted by molar-refractivity contribution is 5.81. The molecule has 3 rings (SSSR count). The average molecular weight is 264 g/mol. The predicted molar refractivity (Wildman–Crippen MR) is 68.9 cm³/mol. The minimum atomic E-state index is -0.154. The van der Waals surface area contributed by atoms with Crippen LogP contribution in [-0.2, 0) is 24.3 Å². The maximum absolute atomic E-state index is 12.0. The molecule has 2 unspecified atom stereocenters. The molecule has 0 radical (unpaired) electrons. The molecular formula is C12H20N6O. The van der Waals surface area contributed by atoms with Crippen LogP contribution in [0.3, 0.4) is 0 Å². The molecule has 2 aliphatic rings. The molecule has 2 aliphatic heterocycles. The molecule has 7 heteroatoms. The summed E-state index contributed by atoms with van der Waals surface area (Å²) in [4.78, 5) is 12.0. The van der Waals surface area contributed by atoms with E-state index in [9.17, 15) is 4.79 Å². The Kier molecular flexibility index (Phi) is 3.48. The van der Waals surface area contributed by atoms with E-state index in [1.165, 1.54) is 6.42 Å². The second kappa shape index (κ2) is 5.26. The minimum absolute atomic E-state index is 0.0185. The summed E-state index contributed by atoms with van der Waals surface area (Å²) in [6, 6.07) is 0.176. The lowest BCUT2D eigenvalue weighted by atomic mass is 10.1. The van der Waals surface area contributed by atoms with Crippen molar-refractivity contribution in [3.05, 3.63) is 11.6 Å². The van der Waals surface area contributed by atoms with E-state index >= 15 is 0 Å². The summed E-state index contributed by atoms with van der Waals surface area (Å²) in [7, 11) is 0. The highest BCUT2D eigenvalue weighted by Gasteiger charge is 2.26. The van der Waals surface area contributed by atoms with Gasteiger partial charge in [-0.05, 0) is 26.2 Å². The van der Waals surface area contributed by atoms with Gasteiger partial charge in [-0.2, -0.15) is 0 Å². The molecule has 0 bridgehead atoms. The molecule has 3 N–H and O–H groups in total. The molecule has 104 valence electrons. The van der Waals surface area contributed by atoms with Crippen molar-refractivity contribution in [1.29, 1.82) is 0 Å². The van der Waals surface area contributed by atoms with Crippen molar-refractivity contribution in [2.45, 2.75) is 57.8 Å². The first-order valence-electron chi connectivity index (χ1n) is 6.94. The number of hydrogen-bond donors (Lipinski definition) is 3. The lowest BCUT2D eigenvalue weighted by Gasteiger charge is -2.15. The van der Waals surface area contributed by atoms with Crippen LogP contribution in [0.5, 0.6) is 0 Å². The summed E-state index contributed by atoms with van der Waals surface area (Å²) in [5.41, 5.74) is 6.04. The molecule has 0 saturated carbocycles. The standard InChI is InChI=1S/C12H20N6O/c1-8-6-9(15-14-8)12(19)13-7-11-17-16-10-4-2-3-5-18(10)11/h8-9,14-15H,2-7H2,1H3,(H,13,19). The monoisotopic (exact) mass is 264 g/mol. The number of amides is 1. The van der Waals surface area contributed by atoms with Crippen LogP contribution in [0, 0.1) is 0 Å². The van der Waals surface area contributed by atoms with Gasteiger partial charge in [-0.3, -0.25) is 10.2 Å². The number of fused-ring (bicyclic) bond motifs is 1. The first-order valence-corrected chi connectivity index (χ1v) is 6.94. The molecule has 3 heterocycles. The quantitative estimate of drug-likeness (QED) is 0.684. The molecule has 0 aromatic carbocycles. The number of hydrogen-bond acceptors (Lipinski definition) is 5. The van der Waals surface area contributed by atoms with Crippen molar-refractivity contribution in [2.75, 3.05) is 0 Å². The normalized spacial score (nSPS) is 26.2. The van der Waals surface area contributed by atoms with Gasteiger partial charge < -0.3 is 9.88 Å². The Hall–Kier alpha value is -1.47. The molecule has 1 saturated heterocycles. The third kappa shape index (κ3) is 2.62. The fourth-order valence-electron chi connectivity index (χ4n) is 2.68. The lowest BCUT2D eigenvalue weighted by molar-refractivity contribution is -0.123. The van der Waals surface area contributed by atoms with Crippen LogP contribution in [0.4, 0.5) is 0 Å². The molecule has 1 fully saturated rings. The maximum Gasteiger partial charge on any atom is 0.238 e. The van der Waals surface area contributed by atoms with E-state index in [0.717, 1.165) is 37.5 Å². The van der Waals surface area contributed by atoms with Crippen LogP contribution in [0.15, 0.2) is 0 Å². The average Bonchev–Trinajstić information content (AvgIpc) is 3.02. The third-order valence-electron chi connectivity index (χ3n) is 3.77. The van der Waals surface area contributed by atoms with E-state index in [4.69, 9.17) is 0 Å². The molecule has 0 aliphatic carbocycles. The second-order valence-electron chi connectivity index (χ2n) is 5.34. The molecule has 1 amide bonds. The van der Waals surface area contributed by atoms with Gasteiger partial charge in [0.15, 0.2) is 5.82 Å². The fraction of sp³-hybridized carbons (Fsp3) is 0.750. The number of rotatable bonds is 3. The zero-order valence-corrected chi connectivity index (χ0v) is 11.1. The number of aromatic nitrogens is 3. The molecular weight excluding hydrogens is 244 g/mol. The van der Waals surface area contributed by atoms with Gasteiger partial charge in [-0.1, -0.05) is 0 Å². The van der Waals surface area contributed by atoms with Crippen LogP contribution in [0.25, 0.3) is 0 Å². The van der Waals surface area contributed by atoms with Crippen LogP contribution in [-0.4, -0.2) is 32.8 Å². The molecule has 2 atom stereocenters. The Morgan fingerprint density at radius 3 is 3.11 bits per heavy atom. The van der Waals surface area contributed by atoms with Crippen LogP contribution in [0.2, 0.25) is 0 Å². The molecule has 0 spiro atoms. The Morgan fingerprint density at radius 1 is 1.42 bits per heavy atom. The second-order valence-corrected chi connectivity index (χ2v) is 5.34. The van der Waals surface area contributed by atoms with Gasteiger partial charge in [-0.25, -0.2) is 5.43 Å². The number of nitrogens with zero attached hydrogens (tertiary/aromatic N) is 3. The highest BCUT2D eigenvalue weighted by Crippen LogP contribution is 2.14. The van der Waals surface area contributed by atoms with Crippen molar-refractivity contribution in [3.63, 3.8) is 0 Å². The van der Waals surface area contributed by atoms with Crippen LogP contribution in [0.1, 0.15) is 37.8 Å². The van der Waals surface area contributed by atoms with Crippen molar-refractivity contribution in [2.24, 2.45) is 0 Å². The van der Waals surface area contributed by atoms with Crippen molar-refractivity contribution < 1.29 is 4.79 Å². The predicted octanol–water partition coefficient (Wildman–Crippen LogP) is -0.514. The van der Waals surface area contributed by atoms with E-state index in [1.807, 2.05) is 0 Å². The first-order chi connectivity index (χ1) is 9.24. The smallest absolute Gasteiger partial charge is 0.238 e. The SMILES string of the molecule is CC1CC(C(=O)NCc2nnc3n2CCCC3)NN1. The van der Waals surface area contributed by atoms with Crippen molar-refractivity contribution >= 4 is 5.91 Å². The largest absolute Gasteiger partial charge is 0.347 e. The van der Waals surface area contributed by atoms with Crippen molar-refractivity contribution in [1.82, 2.24) is 30.9 Å². The molecule has 1 aromatic heterocycles. The highest BCUT2D eigenvalue weighted by atomic mass is 16.2. The number of carbonyl (C=O) groups is 1. The van der Waals surface area contributed by atoms with E-state index in [2.05, 4.69) is 37.9 Å². The third-order valence-corrected chi connectivity index (χ3v) is 3.77. The Labute approximate surface area is 112 Å². The summed E-state index contributed by atoms with van der Waals surface area (Å²) < 4.78 is 2.13. The van der Waals surface area contributed by atoms with Crippen molar-refractivity contribution in [3.8, 4) is 0 Å². The fourth-order valence-corrected chi connectivity index (χ4v) is 2.68. The van der Waals surface area contributed by atoms with Gasteiger partial charge in [0, 0.05) is 19.0 Å². The van der Waals surface area contributed by atoms with Gasteiger partial charge in [0.25, 0.3) is 0 Å². The molecule has 7 nitrogen and oxygen atoms in total. The number of carbonyl (C=O) groups excluding carboxylic acids is 1. The van der Waals surface area contributed by atoms with Gasteiger partial charge in [0.05, 0.1) is 6.54 Å². The summed E-state index contributed by atoms with van der Waals surface area (Å²) in [6.07, 6.45) is 4.15. The molecule has 19 heavy (non-hydrogen) atoms. The minimum Gasteiger partial charge on any atom is -0.347 e. The summed E-state index contributed by atoms with van der Waals surface area (Å²) >= 11 is 0. The maximum atomic E-state index is 12.0. The van der Waals surface area contributed by atoms with E-state index in [1.54, 1.807) is 0 Å². The number of hydrazine groups is 1. The van der Waals surface area contributed by atoms with E-state index < -0.39 is 0 Å².